The van der Waals surface area contributed by atoms with Crippen LogP contribution < -0.4 is 10.7 Å². The molecule has 1 amide bonds. The van der Waals surface area contributed by atoms with Crippen LogP contribution in [0.2, 0.25) is 0 Å². The number of nitrogens with zero attached hydrogens (tertiary/aromatic N) is 2. The number of benzene rings is 1. The maximum absolute atomic E-state index is 13.2. The van der Waals surface area contributed by atoms with E-state index < -0.39 is 29.2 Å². The summed E-state index contributed by atoms with van der Waals surface area (Å²) in [5.41, 5.74) is -0.551. The molecule has 0 saturated heterocycles. The normalized spacial score (nSPS) is 12.2. The third-order valence-corrected chi connectivity index (χ3v) is 3.95. The van der Waals surface area contributed by atoms with Crippen molar-refractivity contribution < 1.29 is 23.1 Å². The Morgan fingerprint density at radius 1 is 1.21 bits per heavy atom. The third-order valence-electron chi connectivity index (χ3n) is 3.95. The average molecular weight is 387 g/mol. The molecular weight excluding hydrogens is 369 g/mol. The van der Waals surface area contributed by atoms with E-state index in [1.54, 1.807) is 16.9 Å². The Morgan fingerprint density at radius 3 is 2.68 bits per heavy atom. The Bertz CT molecular complexity index is 1100. The quantitative estimate of drug-likeness (QED) is 0.675. The van der Waals surface area contributed by atoms with Gasteiger partial charge >= 0.3 is 5.97 Å². The van der Waals surface area contributed by atoms with Crippen molar-refractivity contribution in [2.45, 2.75) is 32.9 Å². The Balaban J connectivity index is 1.74. The van der Waals surface area contributed by atoms with Crippen LogP contribution in [-0.2, 0) is 9.53 Å². The minimum atomic E-state index is -1.16. The Labute approximate surface area is 158 Å². The zero-order valence-corrected chi connectivity index (χ0v) is 15.4. The second-order valence-corrected chi connectivity index (χ2v) is 6.41. The van der Waals surface area contributed by atoms with Crippen molar-refractivity contribution in [3.8, 4) is 0 Å². The molecule has 9 heteroatoms. The molecule has 0 aliphatic carbocycles. The first-order valence-electron chi connectivity index (χ1n) is 8.55. The molecule has 1 atom stereocenters. The molecule has 0 fully saturated rings. The zero-order chi connectivity index (χ0) is 20.4. The average Bonchev–Trinajstić information content (AvgIpc) is 3.10. The number of ether oxygens (including phenoxy) is 1. The molecule has 0 bridgehead atoms. The van der Waals surface area contributed by atoms with E-state index in [0.717, 1.165) is 18.2 Å². The topological polar surface area (TPSA) is 103 Å². The van der Waals surface area contributed by atoms with Gasteiger partial charge in [0, 0.05) is 18.2 Å². The SMILES string of the molecule is CC(C)n1nccc1NC(=O)[C@@H](C)OC(=O)c1cc(=O)c2cc(F)ccc2o1. The molecule has 1 aromatic carbocycles. The van der Waals surface area contributed by atoms with Gasteiger partial charge in [0.2, 0.25) is 5.76 Å². The molecule has 0 unspecified atom stereocenters. The summed E-state index contributed by atoms with van der Waals surface area (Å²) in [5, 5.41) is 6.73. The van der Waals surface area contributed by atoms with Crippen LogP contribution in [0.5, 0.6) is 0 Å². The van der Waals surface area contributed by atoms with E-state index in [1.807, 2.05) is 13.8 Å². The van der Waals surface area contributed by atoms with Gasteiger partial charge in [-0.3, -0.25) is 9.59 Å². The number of esters is 1. The Morgan fingerprint density at radius 2 is 1.96 bits per heavy atom. The van der Waals surface area contributed by atoms with Crippen LogP contribution in [0.15, 0.2) is 45.7 Å². The van der Waals surface area contributed by atoms with Crippen LogP contribution in [0.3, 0.4) is 0 Å². The minimum Gasteiger partial charge on any atom is -0.449 e. The zero-order valence-electron chi connectivity index (χ0n) is 15.4. The number of hydrogen-bond donors (Lipinski definition) is 1. The summed E-state index contributed by atoms with van der Waals surface area (Å²) in [4.78, 5) is 36.6. The minimum absolute atomic E-state index is 0.00397. The van der Waals surface area contributed by atoms with Crippen molar-refractivity contribution in [3.05, 3.63) is 58.3 Å². The molecule has 1 N–H and O–H groups in total. The lowest BCUT2D eigenvalue weighted by atomic mass is 10.2. The van der Waals surface area contributed by atoms with E-state index in [4.69, 9.17) is 9.15 Å². The molecule has 2 heterocycles. The number of carbonyl (C=O) groups is 2. The highest BCUT2D eigenvalue weighted by atomic mass is 19.1. The third kappa shape index (κ3) is 3.93. The van der Waals surface area contributed by atoms with E-state index in [-0.39, 0.29) is 22.8 Å². The Hall–Kier alpha value is -3.49. The maximum Gasteiger partial charge on any atom is 0.375 e. The van der Waals surface area contributed by atoms with Crippen LogP contribution in [0.25, 0.3) is 11.0 Å². The standard InChI is InChI=1S/C19H18FN3O5/c1-10(2)23-17(6-7-21-23)22-18(25)11(3)27-19(26)16-9-14(24)13-8-12(20)4-5-15(13)28-16/h4-11H,1-3H3,(H,22,25)/t11-/m1/s1. The smallest absolute Gasteiger partial charge is 0.375 e. The Kier molecular flexibility index (Phi) is 5.25. The number of aromatic nitrogens is 2. The van der Waals surface area contributed by atoms with Crippen molar-refractivity contribution in [1.82, 2.24) is 9.78 Å². The molecule has 0 spiro atoms. The molecule has 146 valence electrons. The lowest BCUT2D eigenvalue weighted by Gasteiger charge is -2.15. The highest BCUT2D eigenvalue weighted by Crippen LogP contribution is 2.16. The molecule has 3 rings (SSSR count). The molecule has 0 aliphatic rings. The number of fused-ring (bicyclic) bond motifs is 1. The molecule has 28 heavy (non-hydrogen) atoms. The van der Waals surface area contributed by atoms with Crippen LogP contribution in [0.1, 0.15) is 37.4 Å². The number of amides is 1. The van der Waals surface area contributed by atoms with Crippen molar-refractivity contribution >= 4 is 28.7 Å². The summed E-state index contributed by atoms with van der Waals surface area (Å²) >= 11 is 0. The summed E-state index contributed by atoms with van der Waals surface area (Å²) in [6.45, 7) is 5.19. The molecule has 2 aromatic heterocycles. The van der Waals surface area contributed by atoms with E-state index in [2.05, 4.69) is 10.4 Å². The van der Waals surface area contributed by atoms with Gasteiger partial charge in [0.25, 0.3) is 5.91 Å². The summed E-state index contributed by atoms with van der Waals surface area (Å²) in [5.74, 6) is -2.07. The lowest BCUT2D eigenvalue weighted by molar-refractivity contribution is -0.123. The lowest BCUT2D eigenvalue weighted by Crippen LogP contribution is -2.31. The number of hydrogen-bond acceptors (Lipinski definition) is 6. The molecule has 0 radical (unpaired) electrons. The van der Waals surface area contributed by atoms with Gasteiger partial charge in [-0.2, -0.15) is 5.10 Å². The van der Waals surface area contributed by atoms with Gasteiger partial charge in [0.15, 0.2) is 11.5 Å². The highest BCUT2D eigenvalue weighted by Gasteiger charge is 2.23. The van der Waals surface area contributed by atoms with Crippen LogP contribution in [0, 0.1) is 5.82 Å². The van der Waals surface area contributed by atoms with Crippen molar-refractivity contribution in [1.29, 1.82) is 0 Å². The summed E-state index contributed by atoms with van der Waals surface area (Å²) in [6.07, 6.45) is 0.385. The molecular formula is C19H18FN3O5. The fraction of sp³-hybridized carbons (Fsp3) is 0.263. The summed E-state index contributed by atoms with van der Waals surface area (Å²) in [7, 11) is 0. The number of anilines is 1. The fourth-order valence-electron chi connectivity index (χ4n) is 2.55. The van der Waals surface area contributed by atoms with Gasteiger partial charge in [-0.15, -0.1) is 0 Å². The number of carbonyl (C=O) groups excluding carboxylic acids is 2. The van der Waals surface area contributed by atoms with E-state index in [9.17, 15) is 18.8 Å². The van der Waals surface area contributed by atoms with Crippen molar-refractivity contribution in [3.63, 3.8) is 0 Å². The van der Waals surface area contributed by atoms with Gasteiger partial charge in [-0.25, -0.2) is 13.9 Å². The first kappa shape index (κ1) is 19.3. The van der Waals surface area contributed by atoms with Gasteiger partial charge < -0.3 is 14.5 Å². The summed E-state index contributed by atoms with van der Waals surface area (Å²) in [6, 6.07) is 5.92. The maximum atomic E-state index is 13.2. The van der Waals surface area contributed by atoms with Gasteiger partial charge in [-0.05, 0) is 39.0 Å². The first-order chi connectivity index (χ1) is 13.3. The number of halogens is 1. The second-order valence-electron chi connectivity index (χ2n) is 6.41. The fourth-order valence-corrected chi connectivity index (χ4v) is 2.55. The van der Waals surface area contributed by atoms with Gasteiger partial charge in [0.1, 0.15) is 17.2 Å². The predicted molar refractivity (Wildman–Crippen MR) is 98.6 cm³/mol. The molecule has 3 aromatic rings. The molecule has 8 nitrogen and oxygen atoms in total. The number of rotatable bonds is 5. The monoisotopic (exact) mass is 387 g/mol. The second kappa shape index (κ2) is 7.63. The van der Waals surface area contributed by atoms with E-state index >= 15 is 0 Å². The molecule has 0 saturated carbocycles. The van der Waals surface area contributed by atoms with Crippen molar-refractivity contribution in [2.75, 3.05) is 5.32 Å². The van der Waals surface area contributed by atoms with Gasteiger partial charge in [-0.1, -0.05) is 0 Å². The molecule has 0 aliphatic heterocycles. The summed E-state index contributed by atoms with van der Waals surface area (Å²) < 4.78 is 25.2. The van der Waals surface area contributed by atoms with Gasteiger partial charge in [0.05, 0.1) is 11.6 Å². The van der Waals surface area contributed by atoms with Crippen LogP contribution in [-0.4, -0.2) is 27.8 Å². The predicted octanol–water partition coefficient (Wildman–Crippen LogP) is 2.89. The van der Waals surface area contributed by atoms with E-state index in [0.29, 0.717) is 5.82 Å². The largest absolute Gasteiger partial charge is 0.449 e. The number of nitrogens with one attached hydrogen (secondary N) is 1. The van der Waals surface area contributed by atoms with Crippen LogP contribution >= 0.6 is 0 Å². The van der Waals surface area contributed by atoms with E-state index in [1.165, 1.54) is 13.0 Å². The highest BCUT2D eigenvalue weighted by molar-refractivity contribution is 5.96. The van der Waals surface area contributed by atoms with Crippen LogP contribution in [0.4, 0.5) is 10.2 Å². The van der Waals surface area contributed by atoms with Crippen molar-refractivity contribution in [2.24, 2.45) is 0 Å². The first-order valence-corrected chi connectivity index (χ1v) is 8.55.